The van der Waals surface area contributed by atoms with Crippen LogP contribution in [-0.2, 0) is 4.79 Å². The minimum Gasteiger partial charge on any atom is -0.550 e. The number of rotatable bonds is 5. The quantitative estimate of drug-likeness (QED) is 0.282. The summed E-state index contributed by atoms with van der Waals surface area (Å²) in [5.41, 5.74) is -0.172. The number of hydrogen-bond acceptors (Lipinski definition) is 7. The van der Waals surface area contributed by atoms with Crippen molar-refractivity contribution in [2.24, 2.45) is 46.3 Å². The molecular formula is C26H45NaO7. The Morgan fingerprint density at radius 3 is 2.24 bits per heavy atom. The molecule has 0 aromatic carbocycles. The second-order valence-corrected chi connectivity index (χ2v) is 11.9. The van der Waals surface area contributed by atoms with Crippen molar-refractivity contribution in [1.82, 2.24) is 0 Å². The van der Waals surface area contributed by atoms with Gasteiger partial charge in [-0.3, -0.25) is 0 Å². The first-order chi connectivity index (χ1) is 15.5. The average Bonchev–Trinajstić information content (AvgIpc) is 3.12. The second kappa shape index (κ2) is 12.2. The molecule has 8 heteroatoms. The van der Waals surface area contributed by atoms with Crippen LogP contribution in [0, 0.1) is 46.3 Å². The molecule has 34 heavy (non-hydrogen) atoms. The normalized spacial score (nSPS) is 46.0. The summed E-state index contributed by atoms with van der Waals surface area (Å²) in [6.07, 6.45) is 5.72. The molecule has 4 aliphatic rings. The number of fused-ring (bicyclic) bond motifs is 5. The van der Waals surface area contributed by atoms with Crippen LogP contribution in [-0.4, -0.2) is 63.0 Å². The van der Waals surface area contributed by atoms with E-state index in [1.54, 1.807) is 0 Å². The van der Waals surface area contributed by atoms with Crippen molar-refractivity contribution in [3.05, 3.63) is 0 Å². The second-order valence-electron chi connectivity index (χ2n) is 11.9. The fourth-order valence-corrected chi connectivity index (χ4v) is 8.68. The molecule has 192 valence electrons. The van der Waals surface area contributed by atoms with Gasteiger partial charge in [0.05, 0.1) is 31.5 Å². The predicted octanol–water partition coefficient (Wildman–Crippen LogP) is -1.91. The number of carbonyl (C=O) groups excluding carboxylic acids is 1. The molecule has 4 rings (SSSR count). The Morgan fingerprint density at radius 1 is 1.00 bits per heavy atom. The van der Waals surface area contributed by atoms with Crippen LogP contribution in [0.1, 0.15) is 78.6 Å². The maximum absolute atomic E-state index is 11.5. The summed E-state index contributed by atoms with van der Waals surface area (Å²) in [7, 11) is 0. The van der Waals surface area contributed by atoms with Crippen LogP contribution in [0.4, 0.5) is 0 Å². The van der Waals surface area contributed by atoms with Gasteiger partial charge in [-0.25, -0.2) is 0 Å². The largest absolute Gasteiger partial charge is 1.00 e. The summed E-state index contributed by atoms with van der Waals surface area (Å²) in [4.78, 5) is 11.0. The third kappa shape index (κ3) is 5.57. The summed E-state index contributed by atoms with van der Waals surface area (Å²) in [5.74, 6) is 0.635. The Morgan fingerprint density at radius 2 is 1.65 bits per heavy atom. The molecule has 0 heterocycles. The topological polar surface area (TPSA) is 141 Å². The van der Waals surface area contributed by atoms with E-state index in [0.717, 1.165) is 44.9 Å². The van der Waals surface area contributed by atoms with Crippen molar-refractivity contribution in [1.29, 1.82) is 0 Å². The summed E-state index contributed by atoms with van der Waals surface area (Å²) in [6.45, 7) is 6.42. The van der Waals surface area contributed by atoms with Crippen LogP contribution >= 0.6 is 0 Å². The summed E-state index contributed by atoms with van der Waals surface area (Å²) >= 11 is 0. The van der Waals surface area contributed by atoms with Gasteiger partial charge in [0.15, 0.2) is 0 Å². The molecule has 11 atom stereocenters. The van der Waals surface area contributed by atoms with E-state index in [1.807, 2.05) is 0 Å². The van der Waals surface area contributed by atoms with Crippen LogP contribution < -0.4 is 34.7 Å². The van der Waals surface area contributed by atoms with E-state index >= 15 is 0 Å². The first-order valence-corrected chi connectivity index (χ1v) is 13.0. The van der Waals surface area contributed by atoms with E-state index in [2.05, 4.69) is 20.8 Å². The number of aliphatic hydroxyl groups is 5. The molecule has 0 aromatic heterocycles. The molecule has 4 fully saturated rings. The summed E-state index contributed by atoms with van der Waals surface area (Å²) in [6, 6.07) is 0. The van der Waals surface area contributed by atoms with E-state index in [0.29, 0.717) is 18.3 Å². The van der Waals surface area contributed by atoms with Crippen molar-refractivity contribution in [3.63, 3.8) is 0 Å². The molecule has 4 aliphatic carbocycles. The van der Waals surface area contributed by atoms with Gasteiger partial charge >= 0.3 is 29.6 Å². The van der Waals surface area contributed by atoms with E-state index < -0.39 is 12.1 Å². The zero-order valence-electron chi connectivity index (χ0n) is 21.5. The Kier molecular flexibility index (Phi) is 11.0. The van der Waals surface area contributed by atoms with Gasteiger partial charge in [0.25, 0.3) is 0 Å². The van der Waals surface area contributed by atoms with Gasteiger partial charge < -0.3 is 35.4 Å². The maximum atomic E-state index is 11.5. The van der Waals surface area contributed by atoms with Gasteiger partial charge in [0.1, 0.15) is 0 Å². The molecule has 0 saturated heterocycles. The van der Waals surface area contributed by atoms with E-state index in [1.165, 1.54) is 0 Å². The van der Waals surface area contributed by atoms with Crippen LogP contribution in [0.15, 0.2) is 0 Å². The number of carboxylic acids is 1. The first kappa shape index (κ1) is 30.5. The van der Waals surface area contributed by atoms with Gasteiger partial charge in [-0.2, -0.15) is 0 Å². The van der Waals surface area contributed by atoms with E-state index in [4.69, 9.17) is 10.2 Å². The van der Waals surface area contributed by atoms with Crippen molar-refractivity contribution in [3.8, 4) is 0 Å². The molecule has 0 spiro atoms. The van der Waals surface area contributed by atoms with Crippen LogP contribution in [0.3, 0.4) is 0 Å². The zero-order valence-corrected chi connectivity index (χ0v) is 23.5. The predicted molar refractivity (Wildman–Crippen MR) is 122 cm³/mol. The number of hydrogen-bond donors (Lipinski definition) is 5. The molecule has 4 saturated carbocycles. The number of aliphatic carboxylic acids is 1. The van der Waals surface area contributed by atoms with Crippen LogP contribution in [0.2, 0.25) is 0 Å². The molecule has 0 aliphatic heterocycles. The molecular weight excluding hydrogens is 447 g/mol. The van der Waals surface area contributed by atoms with Gasteiger partial charge in [-0.05, 0) is 104 Å². The maximum Gasteiger partial charge on any atom is 1.00 e. The molecule has 3 unspecified atom stereocenters. The smallest absolute Gasteiger partial charge is 0.550 e. The number of carboxylic acid groups (broad SMARTS) is 1. The van der Waals surface area contributed by atoms with Gasteiger partial charge in [-0.1, -0.05) is 20.8 Å². The Bertz CT molecular complexity index is 676. The Labute approximate surface area is 226 Å². The first-order valence-electron chi connectivity index (χ1n) is 13.0. The molecule has 0 bridgehead atoms. The fraction of sp³-hybridized carbons (Fsp3) is 0.962. The zero-order chi connectivity index (χ0) is 24.6. The van der Waals surface area contributed by atoms with Crippen LogP contribution in [0.5, 0.6) is 0 Å². The third-order valence-corrected chi connectivity index (χ3v) is 10.4. The van der Waals surface area contributed by atoms with Crippen molar-refractivity contribution >= 4 is 5.97 Å². The molecule has 0 amide bonds. The number of carbonyl (C=O) groups is 1. The van der Waals surface area contributed by atoms with Crippen molar-refractivity contribution in [2.75, 3.05) is 13.2 Å². The standard InChI is InChI=1S/C24H40O5.C2H6O2.Na/c1-13(4-7-21(28)29)16-5-6-17-22-18(12-20(27)24(16,17)3)23(2)9-8-15(25)10-14(23)11-19(22)26;3-1-2-4;/h13-20,22,25-27H,4-12H2,1-3H3,(H,28,29);3-4H,1-2H2;/q;;+1/p-1/t13-,14+,15-,16-,17?,18?,19-,20+,22?,23+,24-;;/m1../s1. The minimum absolute atomic E-state index is 0. The molecule has 7 nitrogen and oxygen atoms in total. The fourth-order valence-electron chi connectivity index (χ4n) is 8.68. The van der Waals surface area contributed by atoms with E-state index in [-0.39, 0.29) is 95.9 Å². The van der Waals surface area contributed by atoms with Gasteiger partial charge in [0.2, 0.25) is 0 Å². The minimum atomic E-state index is -0.998. The summed E-state index contributed by atoms with van der Waals surface area (Å²) < 4.78 is 0. The SMILES string of the molecule is C[C@H](CCC(=O)[O-])[C@H]1CCC2C3C(C[C@H](O)[C@@]21C)[C@@]1(C)CC[C@@H](O)C[C@H]1C[C@H]3O.OCCO.[Na+]. The van der Waals surface area contributed by atoms with Crippen LogP contribution in [0.25, 0.3) is 0 Å². The van der Waals surface area contributed by atoms with Gasteiger partial charge in [0, 0.05) is 5.97 Å². The molecule has 5 N–H and O–H groups in total. The third-order valence-electron chi connectivity index (χ3n) is 10.4. The number of aliphatic hydroxyl groups excluding tert-OH is 5. The van der Waals surface area contributed by atoms with Crippen molar-refractivity contribution in [2.45, 2.75) is 96.9 Å². The molecule has 0 radical (unpaired) electrons. The van der Waals surface area contributed by atoms with Crippen molar-refractivity contribution < 1.29 is 65.0 Å². The van der Waals surface area contributed by atoms with Gasteiger partial charge in [-0.15, -0.1) is 0 Å². The van der Waals surface area contributed by atoms with E-state index in [9.17, 15) is 25.2 Å². The summed E-state index contributed by atoms with van der Waals surface area (Å²) in [5, 5.41) is 59.1. The Hall–Kier alpha value is 0.270. The molecule has 0 aromatic rings. The average molecular weight is 493 g/mol. The monoisotopic (exact) mass is 492 g/mol. The Balaban J connectivity index is 0.000000758.